The summed E-state index contributed by atoms with van der Waals surface area (Å²) in [6.07, 6.45) is 18.7. The van der Waals surface area contributed by atoms with E-state index in [0.717, 1.165) is 40.2 Å². The molecule has 3 N–H and O–H groups in total. The van der Waals surface area contributed by atoms with Crippen molar-refractivity contribution in [3.63, 3.8) is 0 Å². The Labute approximate surface area is 287 Å². The smallest absolute Gasteiger partial charge is 0.269 e. The third-order valence-electron chi connectivity index (χ3n) is 8.27. The van der Waals surface area contributed by atoms with Crippen LogP contribution in [0.4, 0.5) is 11.4 Å². The lowest BCUT2D eigenvalue weighted by molar-refractivity contribution is -0.385. The van der Waals surface area contributed by atoms with Crippen molar-refractivity contribution in [2.24, 2.45) is 0 Å². The summed E-state index contributed by atoms with van der Waals surface area (Å²) >= 11 is 0. The zero-order valence-electron chi connectivity index (χ0n) is 26.6. The first-order chi connectivity index (χ1) is 24.4. The van der Waals surface area contributed by atoms with Gasteiger partial charge in [0.05, 0.1) is 21.9 Å². The second kappa shape index (κ2) is 14.1. The van der Waals surface area contributed by atoms with Gasteiger partial charge in [0.25, 0.3) is 11.4 Å². The van der Waals surface area contributed by atoms with Crippen LogP contribution in [0.3, 0.4) is 0 Å². The van der Waals surface area contributed by atoms with E-state index in [9.17, 15) is 20.2 Å². The van der Waals surface area contributed by atoms with E-state index >= 15 is 0 Å². The van der Waals surface area contributed by atoms with Gasteiger partial charge in [0.2, 0.25) is 0 Å². The van der Waals surface area contributed by atoms with Gasteiger partial charge in [-0.2, -0.15) is 0 Å². The molecule has 4 aromatic carbocycles. The molecule has 2 unspecified atom stereocenters. The lowest BCUT2D eigenvalue weighted by Gasteiger charge is -2.31. The number of benzene rings is 4. The first kappa shape index (κ1) is 31.7. The Bertz CT molecular complexity index is 2040. The highest BCUT2D eigenvalue weighted by atomic mass is 16.6. The van der Waals surface area contributed by atoms with Crippen molar-refractivity contribution in [3.05, 3.63) is 183 Å². The molecule has 3 heterocycles. The maximum atomic E-state index is 11.1. The summed E-state index contributed by atoms with van der Waals surface area (Å²) < 4.78 is 12.2. The molecule has 0 spiro atoms. The van der Waals surface area contributed by atoms with Crippen LogP contribution in [0.25, 0.3) is 16.7 Å². The topological polar surface area (TPSA) is 141 Å². The first-order valence-electron chi connectivity index (χ1n) is 15.9. The van der Waals surface area contributed by atoms with Crippen molar-refractivity contribution < 1.29 is 19.3 Å². The quantitative estimate of drug-likeness (QED) is 0.113. The Hall–Kier alpha value is -6.88. The number of nitro groups is 2. The fourth-order valence-electron chi connectivity index (χ4n) is 5.77. The largest absolute Gasteiger partial charge is 0.457 e. The number of non-ortho nitro benzene ring substituents is 2. The molecule has 0 saturated heterocycles. The van der Waals surface area contributed by atoms with Crippen LogP contribution in [0.1, 0.15) is 5.56 Å². The van der Waals surface area contributed by atoms with Crippen LogP contribution in [0.15, 0.2) is 157 Å². The first-order valence-corrected chi connectivity index (χ1v) is 15.9. The maximum absolute atomic E-state index is 11.1. The molecule has 3 aliphatic rings. The lowest BCUT2D eigenvalue weighted by atomic mass is 9.93. The molecular formula is C39H31N5O6. The highest BCUT2D eigenvalue weighted by molar-refractivity contribution is 5.79. The normalized spacial score (nSPS) is 17.6. The predicted molar refractivity (Wildman–Crippen MR) is 192 cm³/mol. The minimum absolute atomic E-state index is 0.0119. The van der Waals surface area contributed by atoms with E-state index in [-0.39, 0.29) is 23.5 Å². The zero-order chi connectivity index (χ0) is 34.5. The Morgan fingerprint density at radius 3 is 1.80 bits per heavy atom. The molecule has 11 heteroatoms. The van der Waals surface area contributed by atoms with E-state index < -0.39 is 9.85 Å². The summed E-state index contributed by atoms with van der Waals surface area (Å²) in [5, 5.41) is 32.8. The van der Waals surface area contributed by atoms with Crippen molar-refractivity contribution in [1.29, 1.82) is 0 Å². The summed E-state index contributed by atoms with van der Waals surface area (Å²) in [6, 6.07) is 25.2. The van der Waals surface area contributed by atoms with Gasteiger partial charge in [-0.05, 0) is 89.2 Å². The number of dihydropyridines is 3. The second-order valence-corrected chi connectivity index (χ2v) is 11.6. The molecule has 0 amide bonds. The van der Waals surface area contributed by atoms with E-state index in [0.29, 0.717) is 23.0 Å². The maximum Gasteiger partial charge on any atom is 0.269 e. The highest BCUT2D eigenvalue weighted by Crippen LogP contribution is 2.36. The van der Waals surface area contributed by atoms with Gasteiger partial charge < -0.3 is 25.4 Å². The number of nitrogens with zero attached hydrogens (tertiary/aromatic N) is 2. The fourth-order valence-corrected chi connectivity index (χ4v) is 5.77. The number of ether oxygens (including phenoxy) is 2. The Morgan fingerprint density at radius 1 is 0.640 bits per heavy atom. The molecule has 50 heavy (non-hydrogen) atoms. The van der Waals surface area contributed by atoms with Gasteiger partial charge in [0, 0.05) is 48.3 Å². The summed E-state index contributed by atoms with van der Waals surface area (Å²) in [5.74, 6) is 1.71. The van der Waals surface area contributed by atoms with E-state index in [4.69, 9.17) is 9.47 Å². The summed E-state index contributed by atoms with van der Waals surface area (Å²) in [5.41, 5.74) is 5.88. The predicted octanol–water partition coefficient (Wildman–Crippen LogP) is 8.08. The van der Waals surface area contributed by atoms with Gasteiger partial charge >= 0.3 is 0 Å². The highest BCUT2D eigenvalue weighted by Gasteiger charge is 2.23. The van der Waals surface area contributed by atoms with Crippen LogP contribution < -0.4 is 25.4 Å². The molecule has 0 aromatic heterocycles. The number of hydrogen-bond acceptors (Lipinski definition) is 9. The molecule has 3 aliphatic heterocycles. The van der Waals surface area contributed by atoms with Crippen molar-refractivity contribution >= 4 is 16.9 Å². The third kappa shape index (κ3) is 7.32. The lowest BCUT2D eigenvalue weighted by Crippen LogP contribution is -2.43. The molecule has 248 valence electrons. The molecule has 0 saturated carbocycles. The van der Waals surface area contributed by atoms with Crippen LogP contribution in [-0.2, 0) is 0 Å². The van der Waals surface area contributed by atoms with Crippen molar-refractivity contribution in [2.45, 2.75) is 12.1 Å². The molecule has 0 bridgehead atoms. The summed E-state index contributed by atoms with van der Waals surface area (Å²) in [6.45, 7) is 0.772. The Kier molecular flexibility index (Phi) is 8.93. The van der Waals surface area contributed by atoms with Crippen molar-refractivity contribution in [1.82, 2.24) is 16.0 Å². The van der Waals surface area contributed by atoms with Crippen LogP contribution in [0, 0.1) is 20.2 Å². The van der Waals surface area contributed by atoms with Gasteiger partial charge in [0.15, 0.2) is 0 Å². The van der Waals surface area contributed by atoms with Crippen LogP contribution in [0.5, 0.6) is 23.0 Å². The molecule has 11 nitrogen and oxygen atoms in total. The number of rotatable bonds is 10. The number of nitrogens with one attached hydrogen (secondary N) is 3. The molecule has 0 radical (unpaired) electrons. The van der Waals surface area contributed by atoms with Crippen molar-refractivity contribution in [2.75, 3.05) is 6.54 Å². The van der Waals surface area contributed by atoms with Gasteiger partial charge in [-0.3, -0.25) is 20.2 Å². The van der Waals surface area contributed by atoms with E-state index in [1.807, 2.05) is 42.6 Å². The monoisotopic (exact) mass is 665 g/mol. The number of hydrogen-bond donors (Lipinski definition) is 3. The molecule has 0 aliphatic carbocycles. The van der Waals surface area contributed by atoms with Crippen LogP contribution in [-0.4, -0.2) is 28.5 Å². The number of nitro benzene ring substituents is 2. The zero-order valence-corrected chi connectivity index (χ0v) is 26.6. The Balaban J connectivity index is 1.20. The summed E-state index contributed by atoms with van der Waals surface area (Å²) in [4.78, 5) is 21.3. The van der Waals surface area contributed by atoms with Gasteiger partial charge in [0.1, 0.15) is 23.0 Å². The van der Waals surface area contributed by atoms with Crippen LogP contribution in [0.2, 0.25) is 0 Å². The SMILES string of the molecule is O=[N+]([O-])c1ccc(Oc2cc(Oc3ccc([N+](=O)[O-])cc3)cc(-c3ccc(C4=CC(C5=CC=CCN5)NC(C5C=CC=CN5)=C4)cc3)c2)cc1. The molecule has 7 rings (SSSR count). The van der Waals surface area contributed by atoms with Gasteiger partial charge in [-0.15, -0.1) is 0 Å². The minimum atomic E-state index is -0.469. The second-order valence-electron chi connectivity index (χ2n) is 11.6. The molecule has 4 aromatic rings. The average molecular weight is 666 g/mol. The minimum Gasteiger partial charge on any atom is -0.457 e. The Morgan fingerprint density at radius 2 is 1.26 bits per heavy atom. The fraction of sp³-hybridized carbons (Fsp3) is 0.0769. The van der Waals surface area contributed by atoms with Gasteiger partial charge in [-0.1, -0.05) is 48.6 Å². The molecule has 0 fully saturated rings. The standard InChI is InChI=1S/C39H31N5O6/c45-43(46)30-11-15-32(16-12-30)49-34-21-28(22-35(25-34)50-33-17-13-31(14-18-33)44(47)48)26-7-9-27(10-8-26)29-23-38(36-5-1-3-19-40-36)42-39(24-29)37-6-2-4-20-41-37/h1-19,21-25,36,39-42H,20H2. The molecule has 2 atom stereocenters. The summed E-state index contributed by atoms with van der Waals surface area (Å²) in [7, 11) is 0. The molecular weight excluding hydrogens is 634 g/mol. The van der Waals surface area contributed by atoms with E-state index in [2.05, 4.69) is 64.5 Å². The van der Waals surface area contributed by atoms with Gasteiger partial charge in [-0.25, -0.2) is 0 Å². The number of allylic oxidation sites excluding steroid dienone is 6. The van der Waals surface area contributed by atoms with Crippen LogP contribution >= 0.6 is 0 Å². The average Bonchev–Trinajstić information content (AvgIpc) is 3.16. The third-order valence-corrected chi connectivity index (χ3v) is 8.27. The van der Waals surface area contributed by atoms with Crippen molar-refractivity contribution in [3.8, 4) is 34.1 Å². The van der Waals surface area contributed by atoms with E-state index in [1.165, 1.54) is 48.5 Å². The van der Waals surface area contributed by atoms with E-state index in [1.54, 1.807) is 6.07 Å².